The molecule has 9 nitrogen and oxygen atoms in total. The van der Waals surface area contributed by atoms with E-state index in [9.17, 15) is 22.8 Å². The number of anilines is 1. The van der Waals surface area contributed by atoms with Crippen LogP contribution in [0.2, 0.25) is 0 Å². The number of halogens is 3. The molecular formula is C29H36F3N5O4. The molecule has 2 heterocycles. The maximum absolute atomic E-state index is 14.3. The number of aromatic nitrogens is 1. The number of rotatable bonds is 11. The Labute approximate surface area is 237 Å². The van der Waals surface area contributed by atoms with Crippen LogP contribution in [-0.2, 0) is 4.74 Å². The fourth-order valence-electron chi connectivity index (χ4n) is 4.17. The number of pyridine rings is 1. The zero-order valence-electron chi connectivity index (χ0n) is 24.1. The van der Waals surface area contributed by atoms with E-state index in [1.165, 1.54) is 30.2 Å². The molecule has 12 heteroatoms. The molecule has 222 valence electrons. The maximum Gasteiger partial charge on any atom is 0.416 e. The van der Waals surface area contributed by atoms with Crippen molar-refractivity contribution >= 4 is 23.6 Å². The molecule has 2 aromatic rings. The van der Waals surface area contributed by atoms with Gasteiger partial charge >= 0.3 is 12.1 Å². The fraction of sp³-hybridized carbons (Fsp3) is 0.448. The normalized spacial score (nSPS) is 18.0. The molecule has 3 rings (SSSR count). The van der Waals surface area contributed by atoms with Crippen molar-refractivity contribution in [3.8, 4) is 0 Å². The molecule has 1 amide bonds. The van der Waals surface area contributed by atoms with Gasteiger partial charge in [0.05, 0.1) is 23.4 Å². The third-order valence-electron chi connectivity index (χ3n) is 6.70. The zero-order chi connectivity index (χ0) is 30.5. The largest absolute Gasteiger partial charge is 0.478 e. The molecule has 1 saturated heterocycles. The van der Waals surface area contributed by atoms with Crippen LogP contribution in [0, 0.1) is 17.5 Å². The van der Waals surface area contributed by atoms with Crippen molar-refractivity contribution in [3.63, 3.8) is 0 Å². The van der Waals surface area contributed by atoms with Gasteiger partial charge in [-0.05, 0) is 65.4 Å². The van der Waals surface area contributed by atoms with Crippen molar-refractivity contribution in [2.45, 2.75) is 59.1 Å². The number of carbonyl (C=O) groups is 2. The Morgan fingerprint density at radius 1 is 1.22 bits per heavy atom. The van der Waals surface area contributed by atoms with Crippen LogP contribution in [0.5, 0.6) is 0 Å². The number of carbonyl (C=O) groups excluding carboxylic acids is 1. The van der Waals surface area contributed by atoms with E-state index >= 15 is 0 Å². The lowest BCUT2D eigenvalue weighted by Gasteiger charge is -2.31. The topological polar surface area (TPSA) is 98.6 Å². The summed E-state index contributed by atoms with van der Waals surface area (Å²) in [6.07, 6.45) is 4.86. The summed E-state index contributed by atoms with van der Waals surface area (Å²) >= 11 is 0. The zero-order valence-corrected chi connectivity index (χ0v) is 24.1. The van der Waals surface area contributed by atoms with Crippen molar-refractivity contribution in [2.24, 2.45) is 5.10 Å². The third-order valence-corrected chi connectivity index (χ3v) is 6.70. The van der Waals surface area contributed by atoms with E-state index in [1.807, 2.05) is 40.7 Å². The van der Waals surface area contributed by atoms with Crippen LogP contribution in [0.1, 0.15) is 63.9 Å². The standard InChI is InChI=1S/C29H36F3N5O4/c1-7-35(16-13-29(6)18-36(27(40)41-29)23-12-9-20(17-33-23)26(38)39)14-8-15-37(28(3,4)5)34-19(2)21-10-11-22(30)25(32)24(21)31/h8-12,15,17H,7,13-14,16,18H2,1-6H3,(H,38,39)/b15-8+,34-19+. The number of amides is 1. The van der Waals surface area contributed by atoms with Crippen molar-refractivity contribution in [1.82, 2.24) is 14.9 Å². The van der Waals surface area contributed by atoms with Crippen molar-refractivity contribution in [1.29, 1.82) is 0 Å². The lowest BCUT2D eigenvalue weighted by atomic mass is 10.0. The van der Waals surface area contributed by atoms with Gasteiger partial charge in [-0.25, -0.2) is 27.7 Å². The van der Waals surface area contributed by atoms with Crippen molar-refractivity contribution < 1.29 is 32.6 Å². The Morgan fingerprint density at radius 2 is 1.93 bits per heavy atom. The number of carboxylic acids is 1. The second-order valence-corrected chi connectivity index (χ2v) is 11.1. The molecule has 1 atom stereocenters. The van der Waals surface area contributed by atoms with E-state index < -0.39 is 40.7 Å². The van der Waals surface area contributed by atoms with Gasteiger partial charge in [-0.15, -0.1) is 0 Å². The van der Waals surface area contributed by atoms with E-state index in [4.69, 9.17) is 9.84 Å². The number of hydrogen-bond acceptors (Lipinski definition) is 7. The summed E-state index contributed by atoms with van der Waals surface area (Å²) in [5.41, 5.74) is -1.16. The van der Waals surface area contributed by atoms with Crippen LogP contribution in [0.25, 0.3) is 0 Å². The van der Waals surface area contributed by atoms with Gasteiger partial charge in [-0.3, -0.25) is 14.8 Å². The van der Waals surface area contributed by atoms with Gasteiger partial charge < -0.3 is 9.84 Å². The molecule has 1 N–H and O–H groups in total. The first-order chi connectivity index (χ1) is 19.1. The highest BCUT2D eigenvalue weighted by Gasteiger charge is 2.42. The summed E-state index contributed by atoms with van der Waals surface area (Å²) in [6.45, 7) is 13.3. The van der Waals surface area contributed by atoms with Crippen molar-refractivity contribution in [3.05, 3.63) is 71.3 Å². The average molecular weight is 576 g/mol. The number of nitrogens with zero attached hydrogens (tertiary/aromatic N) is 5. The number of aromatic carboxylic acids is 1. The lowest BCUT2D eigenvalue weighted by molar-refractivity contribution is 0.0565. The summed E-state index contributed by atoms with van der Waals surface area (Å²) in [4.78, 5) is 31.3. The van der Waals surface area contributed by atoms with Gasteiger partial charge in [0.25, 0.3) is 0 Å². The quantitative estimate of drug-likeness (QED) is 0.210. The summed E-state index contributed by atoms with van der Waals surface area (Å²) in [5.74, 6) is -4.86. The third kappa shape index (κ3) is 7.84. The van der Waals surface area contributed by atoms with E-state index in [0.717, 1.165) is 12.1 Å². The highest BCUT2D eigenvalue weighted by Crippen LogP contribution is 2.29. The number of cyclic esters (lactones) is 1. The van der Waals surface area contributed by atoms with Gasteiger partial charge in [-0.2, -0.15) is 5.10 Å². The van der Waals surface area contributed by atoms with Gasteiger partial charge in [0, 0.05) is 37.5 Å². The summed E-state index contributed by atoms with van der Waals surface area (Å²) in [5, 5.41) is 15.2. The molecule has 1 aromatic carbocycles. The first-order valence-electron chi connectivity index (χ1n) is 13.2. The van der Waals surface area contributed by atoms with E-state index in [0.29, 0.717) is 31.9 Å². The number of ether oxygens (including phenoxy) is 1. The van der Waals surface area contributed by atoms with E-state index in [1.54, 1.807) is 11.2 Å². The molecule has 41 heavy (non-hydrogen) atoms. The molecule has 1 aromatic heterocycles. The Bertz CT molecular complexity index is 1330. The minimum absolute atomic E-state index is 0.0260. The first kappa shape index (κ1) is 31.6. The van der Waals surface area contributed by atoms with Crippen molar-refractivity contribution in [2.75, 3.05) is 31.1 Å². The fourth-order valence-corrected chi connectivity index (χ4v) is 4.17. The highest BCUT2D eigenvalue weighted by atomic mass is 19.2. The molecule has 1 unspecified atom stereocenters. The van der Waals surface area contributed by atoms with Crippen LogP contribution >= 0.6 is 0 Å². The monoisotopic (exact) mass is 575 g/mol. The molecule has 0 aliphatic carbocycles. The number of carboxylic acid groups (broad SMARTS) is 1. The second kappa shape index (κ2) is 12.7. The maximum atomic E-state index is 14.3. The second-order valence-electron chi connectivity index (χ2n) is 11.1. The SMILES string of the molecule is CCN(C/C=C/N(/N=C(\C)c1ccc(F)c(F)c1F)C(C)(C)C)CCC1(C)CN(c2ccc(C(=O)O)cn2)C(=O)O1. The predicted molar refractivity (Wildman–Crippen MR) is 149 cm³/mol. The Balaban J connectivity index is 1.64. The summed E-state index contributed by atoms with van der Waals surface area (Å²) < 4.78 is 47.1. The van der Waals surface area contributed by atoms with Crippen LogP contribution in [0.4, 0.5) is 23.8 Å². The summed E-state index contributed by atoms with van der Waals surface area (Å²) in [7, 11) is 0. The number of benzene rings is 1. The predicted octanol–water partition coefficient (Wildman–Crippen LogP) is 5.66. The molecule has 1 fully saturated rings. The first-order valence-corrected chi connectivity index (χ1v) is 13.2. The molecule has 0 bridgehead atoms. The minimum atomic E-state index is -1.54. The van der Waals surface area contributed by atoms with Crippen LogP contribution in [-0.4, -0.2) is 75.1 Å². The molecule has 0 radical (unpaired) electrons. The Hall–Kier alpha value is -3.93. The highest BCUT2D eigenvalue weighted by molar-refractivity contribution is 5.98. The molecular weight excluding hydrogens is 539 g/mol. The van der Waals surface area contributed by atoms with Crippen LogP contribution in [0.15, 0.2) is 47.8 Å². The Kier molecular flexibility index (Phi) is 9.80. The lowest BCUT2D eigenvalue weighted by Crippen LogP contribution is -2.37. The smallest absolute Gasteiger partial charge is 0.416 e. The number of hydrogen-bond donors (Lipinski definition) is 1. The van der Waals surface area contributed by atoms with Gasteiger partial charge in [-0.1, -0.05) is 13.0 Å². The van der Waals surface area contributed by atoms with Gasteiger partial charge in [0.1, 0.15) is 11.4 Å². The van der Waals surface area contributed by atoms with Crippen LogP contribution < -0.4 is 4.90 Å². The molecule has 1 aliphatic heterocycles. The number of likely N-dealkylation sites (N-methyl/N-ethyl adjacent to an activating group) is 1. The minimum Gasteiger partial charge on any atom is -0.478 e. The molecule has 0 saturated carbocycles. The van der Waals surface area contributed by atoms with E-state index in [-0.39, 0.29) is 23.4 Å². The summed E-state index contributed by atoms with van der Waals surface area (Å²) in [6, 6.07) is 4.90. The van der Waals surface area contributed by atoms with Crippen LogP contribution in [0.3, 0.4) is 0 Å². The Morgan fingerprint density at radius 3 is 2.51 bits per heavy atom. The van der Waals surface area contributed by atoms with Gasteiger partial charge in [0.2, 0.25) is 0 Å². The number of hydrazone groups is 1. The molecule has 1 aliphatic rings. The molecule has 0 spiro atoms. The van der Waals surface area contributed by atoms with E-state index in [2.05, 4.69) is 15.0 Å². The van der Waals surface area contributed by atoms with Gasteiger partial charge in [0.15, 0.2) is 17.5 Å². The average Bonchev–Trinajstić information content (AvgIpc) is 3.22.